The minimum atomic E-state index is -2.27. The average Bonchev–Trinajstić information content (AvgIpc) is 3.72. The molecule has 2 N–H and O–H groups in total. The van der Waals surface area contributed by atoms with Crippen LogP contribution in [0.3, 0.4) is 0 Å². The highest BCUT2D eigenvalue weighted by Gasteiger charge is 2.28. The van der Waals surface area contributed by atoms with Crippen LogP contribution in [0.4, 0.5) is 27.9 Å². The molecule has 0 spiro atoms. The van der Waals surface area contributed by atoms with Crippen LogP contribution in [0.5, 0.6) is 0 Å². The molecule has 2 aromatic carbocycles. The second kappa shape index (κ2) is 13.0. The minimum absolute atomic E-state index is 0.0353. The van der Waals surface area contributed by atoms with Crippen LogP contribution >= 0.6 is 11.3 Å². The van der Waals surface area contributed by atoms with Crippen LogP contribution < -0.4 is 21.8 Å². The van der Waals surface area contributed by atoms with Crippen LogP contribution in [0.15, 0.2) is 63.5 Å². The molecule has 1 fully saturated rings. The van der Waals surface area contributed by atoms with E-state index in [-0.39, 0.29) is 30.2 Å². The Bertz CT molecular complexity index is 2010. The molecule has 0 bridgehead atoms. The number of imidazole rings is 1. The zero-order valence-electron chi connectivity index (χ0n) is 24.4. The highest BCUT2D eigenvalue weighted by atomic mass is 32.1. The van der Waals surface area contributed by atoms with Gasteiger partial charge >= 0.3 is 0 Å². The number of aromatic nitrogens is 4. The van der Waals surface area contributed by atoms with Gasteiger partial charge in [-0.2, -0.15) is 0 Å². The van der Waals surface area contributed by atoms with E-state index in [0.29, 0.717) is 31.5 Å². The Morgan fingerprint density at radius 1 is 0.913 bits per heavy atom. The number of rotatable bonds is 9. The summed E-state index contributed by atoms with van der Waals surface area (Å²) in [7, 11) is 0. The molecule has 0 radical (unpaired) electrons. The number of nitrogens with two attached hydrogens (primary N) is 1. The highest BCUT2D eigenvalue weighted by Crippen LogP contribution is 2.26. The molecule has 1 unspecified atom stereocenters. The van der Waals surface area contributed by atoms with E-state index in [0.717, 1.165) is 34.0 Å². The largest absolute Gasteiger partial charge is 0.341 e. The number of thiophene rings is 1. The first-order valence-corrected chi connectivity index (χ1v) is 15.5. The summed E-state index contributed by atoms with van der Waals surface area (Å²) in [5.74, 6) is -10.0. The third-order valence-corrected chi connectivity index (χ3v) is 8.87. The van der Waals surface area contributed by atoms with Crippen LogP contribution in [0.25, 0.3) is 17.1 Å². The summed E-state index contributed by atoms with van der Waals surface area (Å²) in [6.45, 7) is 0.994. The van der Waals surface area contributed by atoms with Crippen LogP contribution in [0.2, 0.25) is 0 Å². The van der Waals surface area contributed by atoms with Crippen LogP contribution in [-0.2, 0) is 26.1 Å². The van der Waals surface area contributed by atoms with Crippen molar-refractivity contribution in [2.45, 2.75) is 44.9 Å². The van der Waals surface area contributed by atoms with Crippen molar-refractivity contribution >= 4 is 34.4 Å². The Hall–Kier alpha value is -4.56. The lowest BCUT2D eigenvalue weighted by molar-refractivity contribution is 0.377. The quantitative estimate of drug-likeness (QED) is 0.136. The van der Waals surface area contributed by atoms with Crippen molar-refractivity contribution in [3.05, 3.63) is 120 Å². The van der Waals surface area contributed by atoms with Gasteiger partial charge in [-0.3, -0.25) is 9.59 Å². The van der Waals surface area contributed by atoms with E-state index in [1.54, 1.807) is 4.57 Å². The van der Waals surface area contributed by atoms with E-state index in [2.05, 4.69) is 0 Å². The summed E-state index contributed by atoms with van der Waals surface area (Å²) in [6, 6.07) is 12.9. The van der Waals surface area contributed by atoms with Gasteiger partial charge in [-0.25, -0.2) is 36.3 Å². The molecule has 8 nitrogen and oxygen atoms in total. The number of anilines is 1. The lowest BCUT2D eigenvalue weighted by atomic mass is 10.1. The molecule has 1 atom stereocenters. The molecule has 1 aliphatic heterocycles. The average molecular weight is 657 g/mol. The van der Waals surface area contributed by atoms with Gasteiger partial charge in [0, 0.05) is 30.6 Å². The van der Waals surface area contributed by atoms with Crippen molar-refractivity contribution in [1.29, 1.82) is 0 Å². The molecule has 1 saturated heterocycles. The van der Waals surface area contributed by atoms with Gasteiger partial charge in [0.15, 0.2) is 28.8 Å². The predicted octanol–water partition coefficient (Wildman–Crippen LogP) is 5.05. The highest BCUT2D eigenvalue weighted by molar-refractivity contribution is 7.09. The van der Waals surface area contributed by atoms with Crippen LogP contribution in [-0.4, -0.2) is 38.0 Å². The second-order valence-corrected chi connectivity index (χ2v) is 12.1. The smallest absolute Gasteiger partial charge is 0.293 e. The summed E-state index contributed by atoms with van der Waals surface area (Å²) < 4.78 is 74.0. The van der Waals surface area contributed by atoms with Gasteiger partial charge in [-0.05, 0) is 36.3 Å². The normalized spacial score (nSPS) is 15.4. The van der Waals surface area contributed by atoms with E-state index in [4.69, 9.17) is 10.7 Å². The first-order valence-electron chi connectivity index (χ1n) is 14.6. The third-order valence-electron chi connectivity index (χ3n) is 8.01. The van der Waals surface area contributed by atoms with Gasteiger partial charge < -0.3 is 15.2 Å². The molecule has 0 aliphatic carbocycles. The molecule has 5 aromatic rings. The molecule has 3 aromatic heterocycles. The maximum absolute atomic E-state index is 14.4. The summed E-state index contributed by atoms with van der Waals surface area (Å²) >= 11 is 1.47. The number of hydrogen-bond acceptors (Lipinski definition) is 6. The van der Waals surface area contributed by atoms with Gasteiger partial charge in [-0.1, -0.05) is 48.6 Å². The summed E-state index contributed by atoms with van der Waals surface area (Å²) in [5.41, 5.74) is 4.81. The minimum Gasteiger partial charge on any atom is -0.341 e. The Kier molecular flexibility index (Phi) is 8.91. The number of benzene rings is 2. The monoisotopic (exact) mass is 656 g/mol. The fourth-order valence-electron chi connectivity index (χ4n) is 5.73. The molecule has 1 aliphatic rings. The van der Waals surface area contributed by atoms with Crippen LogP contribution in [0.1, 0.15) is 28.8 Å². The van der Waals surface area contributed by atoms with Crippen LogP contribution in [0, 0.1) is 29.1 Å². The molecule has 4 heterocycles. The van der Waals surface area contributed by atoms with Crippen molar-refractivity contribution in [3.63, 3.8) is 0 Å². The van der Waals surface area contributed by atoms with Gasteiger partial charge in [0.2, 0.25) is 11.8 Å². The van der Waals surface area contributed by atoms with Gasteiger partial charge in [0.1, 0.15) is 5.52 Å². The standard InChI is InChI=1S/C32H29F5N6O2S/c33-23-22(24(34)26(36)27(37)25(23)35)11-5-14-42-31(45)29-28(30(44)43(42)15-12-19-7-2-1-3-8-19)39-32(40-13-4-9-20(38)17-40)41(29)18-21-10-6-16-46-21/h1-3,5-8,10-11,16,20H,4,9,12-15,17-18,38H2. The van der Waals surface area contributed by atoms with Crippen molar-refractivity contribution in [2.75, 3.05) is 18.0 Å². The SMILES string of the molecule is NC1CCCN(c2nc3c(=O)n(CCc4ccccc4)n(CC=Cc4c(F)c(F)c(F)c(F)c4F)c(=O)c3n2Cc2cccs2)C1. The maximum atomic E-state index is 14.4. The number of allylic oxidation sites excluding steroid dienone is 1. The van der Waals surface area contributed by atoms with Gasteiger partial charge in [-0.15, -0.1) is 11.3 Å². The predicted molar refractivity (Wildman–Crippen MR) is 167 cm³/mol. The summed E-state index contributed by atoms with van der Waals surface area (Å²) in [4.78, 5) is 36.0. The first kappa shape index (κ1) is 31.4. The van der Waals surface area contributed by atoms with Crippen molar-refractivity contribution in [2.24, 2.45) is 5.73 Å². The summed E-state index contributed by atoms with van der Waals surface area (Å²) in [5, 5.41) is 1.89. The Morgan fingerprint density at radius 2 is 1.63 bits per heavy atom. The fraction of sp³-hybridized carbons (Fsp3) is 0.281. The molecule has 0 saturated carbocycles. The van der Waals surface area contributed by atoms with E-state index >= 15 is 0 Å². The van der Waals surface area contributed by atoms with Crippen molar-refractivity contribution in [3.8, 4) is 0 Å². The fourth-order valence-corrected chi connectivity index (χ4v) is 6.43. The molecule has 0 amide bonds. The zero-order chi connectivity index (χ0) is 32.5. The number of aryl methyl sites for hydroxylation is 1. The Morgan fingerprint density at radius 3 is 2.30 bits per heavy atom. The maximum Gasteiger partial charge on any atom is 0.293 e. The van der Waals surface area contributed by atoms with E-state index in [1.807, 2.05) is 52.7 Å². The molecule has 14 heteroatoms. The Labute approximate surface area is 263 Å². The van der Waals surface area contributed by atoms with Crippen molar-refractivity contribution in [1.82, 2.24) is 18.9 Å². The Balaban J connectivity index is 1.51. The van der Waals surface area contributed by atoms with E-state index in [1.165, 1.54) is 16.0 Å². The third kappa shape index (κ3) is 5.89. The number of halogens is 5. The lowest BCUT2D eigenvalue weighted by Crippen LogP contribution is -2.44. The zero-order valence-corrected chi connectivity index (χ0v) is 25.3. The van der Waals surface area contributed by atoms with E-state index in [9.17, 15) is 31.5 Å². The number of piperidine rings is 1. The molecule has 6 rings (SSSR count). The molecule has 46 heavy (non-hydrogen) atoms. The molecular weight excluding hydrogens is 627 g/mol. The van der Waals surface area contributed by atoms with Crippen molar-refractivity contribution < 1.29 is 22.0 Å². The van der Waals surface area contributed by atoms with Gasteiger partial charge in [0.25, 0.3) is 11.1 Å². The molecule has 240 valence electrons. The topological polar surface area (TPSA) is 91.1 Å². The number of nitrogens with zero attached hydrogens (tertiary/aromatic N) is 5. The number of fused-ring (bicyclic) bond motifs is 1. The van der Waals surface area contributed by atoms with Gasteiger partial charge in [0.05, 0.1) is 18.7 Å². The molecular formula is C32H29F5N6O2S. The summed E-state index contributed by atoms with van der Waals surface area (Å²) in [6.07, 6.45) is 3.78. The van der Waals surface area contributed by atoms with E-state index < -0.39 is 52.3 Å². The first-order chi connectivity index (χ1) is 22.2. The lowest BCUT2D eigenvalue weighted by Gasteiger charge is -2.31. The number of hydrogen-bond donors (Lipinski definition) is 1. The second-order valence-electron chi connectivity index (χ2n) is 11.1.